The highest BCUT2D eigenvalue weighted by Crippen LogP contribution is 2.21. The summed E-state index contributed by atoms with van der Waals surface area (Å²) >= 11 is 25.2. The van der Waals surface area contributed by atoms with E-state index in [4.69, 9.17) is 39.9 Å². The molecule has 0 saturated heterocycles. The van der Waals surface area contributed by atoms with E-state index >= 15 is 0 Å². The molecule has 0 spiro atoms. The number of carboxylic acid groups (broad SMARTS) is 1. The molecule has 2 aromatic rings. The van der Waals surface area contributed by atoms with Crippen molar-refractivity contribution >= 4 is 79.7 Å². The molecule has 0 unspecified atom stereocenters. The number of carbonyl (C=O) groups excluding carboxylic acids is 3. The molecule has 1 N–H and O–H groups in total. The van der Waals surface area contributed by atoms with Crippen LogP contribution in [-0.2, 0) is 32.0 Å². The normalized spacial score (nSPS) is 9.43. The molecule has 5 nitrogen and oxygen atoms in total. The van der Waals surface area contributed by atoms with Crippen molar-refractivity contribution in [1.82, 2.24) is 0 Å². The fraction of sp³-hybridized carbons (Fsp3) is 0.111. The quantitative estimate of drug-likeness (QED) is 0.419. The summed E-state index contributed by atoms with van der Waals surface area (Å²) in [6, 6.07) is 8.37. The monoisotopic (exact) mass is 520 g/mol. The van der Waals surface area contributed by atoms with Crippen LogP contribution in [0.15, 0.2) is 36.4 Å². The molecule has 0 atom stereocenters. The van der Waals surface area contributed by atoms with Gasteiger partial charge >= 0.3 is 16.5 Å². The van der Waals surface area contributed by atoms with Gasteiger partial charge in [-0.2, -0.15) is 0 Å². The third kappa shape index (κ3) is 11.4. The Morgan fingerprint density at radius 1 is 0.733 bits per heavy atom. The molecular formula is C18H11Cl5F2O5. The summed E-state index contributed by atoms with van der Waals surface area (Å²) in [6.07, 6.45) is -0.297. The lowest BCUT2D eigenvalue weighted by molar-refractivity contribution is -0.136. The smallest absolute Gasteiger partial charge is 0.307 e. The third-order valence-corrected chi connectivity index (χ3v) is 4.31. The van der Waals surface area contributed by atoms with E-state index in [0.717, 1.165) is 0 Å². The van der Waals surface area contributed by atoms with Crippen LogP contribution >= 0.6 is 58.0 Å². The minimum Gasteiger partial charge on any atom is -0.481 e. The Hall–Kier alpha value is -1.77. The summed E-state index contributed by atoms with van der Waals surface area (Å²) in [5.74, 6) is -2.15. The SMILES string of the molecule is O=C(Cl)C(=O)Cl.O=C(Cl)Cc1cccc(F)c1Cl.O=C(O)Cc1cccc(F)c1Cl. The largest absolute Gasteiger partial charge is 0.481 e. The molecule has 0 aliphatic carbocycles. The minimum absolute atomic E-state index is 0.0356. The third-order valence-electron chi connectivity index (χ3n) is 2.89. The highest BCUT2D eigenvalue weighted by molar-refractivity contribution is 6.97. The van der Waals surface area contributed by atoms with Crippen LogP contribution in [0.3, 0.4) is 0 Å². The maximum atomic E-state index is 12.7. The van der Waals surface area contributed by atoms with E-state index in [1.807, 2.05) is 0 Å². The zero-order valence-electron chi connectivity index (χ0n) is 14.6. The van der Waals surface area contributed by atoms with E-state index in [0.29, 0.717) is 11.1 Å². The van der Waals surface area contributed by atoms with Crippen LogP contribution in [0.1, 0.15) is 11.1 Å². The van der Waals surface area contributed by atoms with Gasteiger partial charge in [0, 0.05) is 6.42 Å². The van der Waals surface area contributed by atoms with Crippen LogP contribution in [-0.4, -0.2) is 26.8 Å². The Morgan fingerprint density at radius 3 is 1.40 bits per heavy atom. The Labute approximate surface area is 194 Å². The van der Waals surface area contributed by atoms with Crippen molar-refractivity contribution in [3.05, 3.63) is 69.2 Å². The van der Waals surface area contributed by atoms with Crippen molar-refractivity contribution in [3.63, 3.8) is 0 Å². The van der Waals surface area contributed by atoms with Gasteiger partial charge in [0.05, 0.1) is 16.5 Å². The van der Waals surface area contributed by atoms with Gasteiger partial charge in [-0.15, -0.1) is 0 Å². The molecule has 30 heavy (non-hydrogen) atoms. The van der Waals surface area contributed by atoms with Crippen molar-refractivity contribution in [1.29, 1.82) is 0 Å². The molecule has 0 aliphatic rings. The number of carbonyl (C=O) groups is 4. The lowest BCUT2D eigenvalue weighted by Crippen LogP contribution is -2.01. The highest BCUT2D eigenvalue weighted by Gasteiger charge is 2.09. The second kappa shape index (κ2) is 14.3. The van der Waals surface area contributed by atoms with Gasteiger partial charge < -0.3 is 5.11 Å². The van der Waals surface area contributed by atoms with Crippen LogP contribution in [0.5, 0.6) is 0 Å². The fourth-order valence-corrected chi connectivity index (χ4v) is 2.21. The van der Waals surface area contributed by atoms with E-state index < -0.39 is 33.3 Å². The second-order valence-electron chi connectivity index (χ2n) is 5.08. The predicted molar refractivity (Wildman–Crippen MR) is 110 cm³/mol. The van der Waals surface area contributed by atoms with Gasteiger partial charge in [-0.3, -0.25) is 19.2 Å². The molecule has 0 radical (unpaired) electrons. The van der Waals surface area contributed by atoms with Gasteiger partial charge in [0.25, 0.3) is 0 Å². The summed E-state index contributed by atoms with van der Waals surface area (Å²) in [6.45, 7) is 0. The standard InChI is InChI=1S/C8H5Cl2FO.C8H6ClFO2.C2Cl2O2/c9-7(12)4-5-2-1-3-6(11)8(5)10;9-8-5(4-7(11)12)2-1-3-6(8)10;3-1(5)2(4)6/h1-3H,4H2;1-3H,4H2,(H,11,12);. The van der Waals surface area contributed by atoms with Gasteiger partial charge in [0.1, 0.15) is 11.6 Å². The Balaban J connectivity index is 0.000000447. The fourth-order valence-electron chi connectivity index (χ4n) is 1.68. The average Bonchev–Trinajstić information content (AvgIpc) is 2.63. The van der Waals surface area contributed by atoms with Crippen molar-refractivity contribution in [2.45, 2.75) is 12.8 Å². The average molecular weight is 523 g/mol. The molecule has 0 heterocycles. The summed E-state index contributed by atoms with van der Waals surface area (Å²) in [5, 5.41) is 5.42. The summed E-state index contributed by atoms with van der Waals surface area (Å²) in [5.41, 5.74) is 0.709. The molecule has 0 aliphatic heterocycles. The number of halogens is 7. The van der Waals surface area contributed by atoms with E-state index in [1.165, 1.54) is 30.3 Å². The van der Waals surface area contributed by atoms with E-state index in [1.54, 1.807) is 6.07 Å². The molecule has 0 aromatic heterocycles. The van der Waals surface area contributed by atoms with Crippen LogP contribution in [0, 0.1) is 11.6 Å². The Morgan fingerprint density at radius 2 is 1.10 bits per heavy atom. The van der Waals surface area contributed by atoms with Crippen molar-refractivity contribution in [2.24, 2.45) is 0 Å². The summed E-state index contributed by atoms with van der Waals surface area (Å²) in [4.78, 5) is 39.6. The first-order valence-corrected chi connectivity index (χ1v) is 9.41. The van der Waals surface area contributed by atoms with Crippen molar-refractivity contribution in [3.8, 4) is 0 Å². The Kier molecular flexibility index (Phi) is 13.4. The van der Waals surface area contributed by atoms with Gasteiger partial charge in [-0.1, -0.05) is 47.5 Å². The molecule has 0 bridgehead atoms. The maximum Gasteiger partial charge on any atom is 0.307 e. The highest BCUT2D eigenvalue weighted by atomic mass is 35.5. The predicted octanol–water partition coefficient (Wildman–Crippen LogP) is 5.41. The van der Waals surface area contributed by atoms with Gasteiger partial charge in [-0.25, -0.2) is 8.78 Å². The van der Waals surface area contributed by atoms with Crippen LogP contribution < -0.4 is 0 Å². The number of hydrogen-bond acceptors (Lipinski definition) is 4. The molecule has 12 heteroatoms. The van der Waals surface area contributed by atoms with Crippen LogP contribution in [0.2, 0.25) is 10.0 Å². The van der Waals surface area contributed by atoms with Gasteiger partial charge in [0.2, 0.25) is 5.24 Å². The number of rotatable bonds is 5. The van der Waals surface area contributed by atoms with E-state index in [-0.39, 0.29) is 22.9 Å². The van der Waals surface area contributed by atoms with Crippen LogP contribution in [0.4, 0.5) is 8.78 Å². The molecule has 0 fully saturated rings. The first kappa shape index (κ1) is 28.2. The molecule has 162 valence electrons. The lowest BCUT2D eigenvalue weighted by atomic mass is 10.1. The minimum atomic E-state index is -1.14. The van der Waals surface area contributed by atoms with Crippen LogP contribution in [0.25, 0.3) is 0 Å². The maximum absolute atomic E-state index is 12.7. The van der Waals surface area contributed by atoms with Crippen molar-refractivity contribution in [2.75, 3.05) is 0 Å². The topological polar surface area (TPSA) is 88.5 Å². The van der Waals surface area contributed by atoms with E-state index in [2.05, 4.69) is 23.2 Å². The number of benzene rings is 2. The summed E-state index contributed by atoms with van der Waals surface area (Å²) in [7, 11) is 0. The number of carboxylic acids is 1. The number of hydrogen-bond donors (Lipinski definition) is 1. The molecule has 2 aromatic carbocycles. The van der Waals surface area contributed by atoms with Gasteiger partial charge in [0.15, 0.2) is 0 Å². The zero-order chi connectivity index (χ0) is 23.4. The van der Waals surface area contributed by atoms with E-state index in [9.17, 15) is 28.0 Å². The molecular weight excluding hydrogens is 511 g/mol. The first-order valence-electron chi connectivity index (χ1n) is 7.52. The lowest BCUT2D eigenvalue weighted by Gasteiger charge is -2.00. The summed E-state index contributed by atoms with van der Waals surface area (Å²) < 4.78 is 25.4. The second-order valence-corrected chi connectivity index (χ2v) is 6.94. The molecule has 2 rings (SSSR count). The van der Waals surface area contributed by atoms with Crippen molar-refractivity contribution < 1.29 is 33.1 Å². The van der Waals surface area contributed by atoms with Gasteiger partial charge in [-0.05, 0) is 58.1 Å². The molecule has 0 amide bonds. The zero-order valence-corrected chi connectivity index (χ0v) is 18.4. The number of aliphatic carboxylic acids is 1. The first-order chi connectivity index (χ1) is 13.9. The Bertz CT molecular complexity index is 862. The molecule has 0 saturated carbocycles.